The number of oxazole rings is 1. The highest BCUT2D eigenvalue weighted by Crippen LogP contribution is 2.26. The Bertz CT molecular complexity index is 1370. The van der Waals surface area contributed by atoms with E-state index in [1.807, 2.05) is 32.0 Å². The molecule has 12 heteroatoms. The van der Waals surface area contributed by atoms with Crippen LogP contribution >= 0.6 is 0 Å². The second kappa shape index (κ2) is 14.2. The van der Waals surface area contributed by atoms with Gasteiger partial charge in [0.05, 0.1) is 31.6 Å². The van der Waals surface area contributed by atoms with Crippen molar-refractivity contribution in [3.63, 3.8) is 0 Å². The Balaban J connectivity index is 1.57. The van der Waals surface area contributed by atoms with Gasteiger partial charge in [0, 0.05) is 36.8 Å². The fourth-order valence-corrected chi connectivity index (χ4v) is 4.77. The van der Waals surface area contributed by atoms with E-state index in [0.29, 0.717) is 36.7 Å². The monoisotopic (exact) mass is 580 g/mol. The topological polar surface area (TPSA) is 152 Å². The van der Waals surface area contributed by atoms with Crippen LogP contribution in [0.1, 0.15) is 61.6 Å². The van der Waals surface area contributed by atoms with Crippen LogP contribution in [0.2, 0.25) is 0 Å². The van der Waals surface area contributed by atoms with Crippen molar-refractivity contribution in [3.8, 4) is 22.7 Å². The van der Waals surface area contributed by atoms with Crippen molar-refractivity contribution in [1.29, 1.82) is 0 Å². The van der Waals surface area contributed by atoms with Crippen molar-refractivity contribution in [2.24, 2.45) is 5.92 Å². The van der Waals surface area contributed by atoms with E-state index in [2.05, 4.69) is 20.5 Å². The van der Waals surface area contributed by atoms with Gasteiger partial charge in [-0.05, 0) is 37.0 Å². The number of carbonyl (C=O) groups is 3. The lowest BCUT2D eigenvalue weighted by Gasteiger charge is -2.26. The molecule has 2 amide bonds. The van der Waals surface area contributed by atoms with Gasteiger partial charge in [-0.25, -0.2) is 9.78 Å². The molecule has 3 N–H and O–H groups in total. The third kappa shape index (κ3) is 7.62. The Morgan fingerprint density at radius 3 is 2.38 bits per heavy atom. The summed E-state index contributed by atoms with van der Waals surface area (Å²) < 4.78 is 12.9. The first kappa shape index (κ1) is 30.9. The van der Waals surface area contributed by atoms with Gasteiger partial charge in [0.2, 0.25) is 11.7 Å². The number of hydrogen-bond donors (Lipinski definition) is 3. The fraction of sp³-hybridized carbons (Fsp3) is 0.500. The molecule has 1 saturated heterocycles. The lowest BCUT2D eigenvalue weighted by Crippen LogP contribution is -2.44. The third-order valence-electron chi connectivity index (χ3n) is 7.42. The largest absolute Gasteiger partial charge is 0.480 e. The first-order valence-electron chi connectivity index (χ1n) is 14.5. The average Bonchev–Trinajstić information content (AvgIpc) is 3.66. The van der Waals surface area contributed by atoms with E-state index in [1.165, 1.54) is 6.20 Å². The van der Waals surface area contributed by atoms with E-state index in [0.717, 1.165) is 38.0 Å². The minimum absolute atomic E-state index is 0.0783. The number of aliphatic carboxylic acids is 1. The lowest BCUT2D eigenvalue weighted by atomic mass is 10.0. The van der Waals surface area contributed by atoms with Crippen LogP contribution in [0.15, 0.2) is 40.9 Å². The number of aromatic nitrogens is 3. The van der Waals surface area contributed by atoms with Crippen molar-refractivity contribution in [3.05, 3.63) is 48.0 Å². The summed E-state index contributed by atoms with van der Waals surface area (Å²) in [5.41, 5.74) is 2.48. The molecule has 0 saturated carbocycles. The summed E-state index contributed by atoms with van der Waals surface area (Å²) >= 11 is 0. The van der Waals surface area contributed by atoms with Gasteiger partial charge < -0.3 is 24.9 Å². The van der Waals surface area contributed by atoms with Crippen molar-refractivity contribution in [2.75, 3.05) is 32.8 Å². The number of carboxylic acids is 1. The number of carboxylic acid groups (broad SMARTS) is 1. The van der Waals surface area contributed by atoms with Gasteiger partial charge in [-0.1, -0.05) is 39.8 Å². The number of morpholine rings is 1. The van der Waals surface area contributed by atoms with Gasteiger partial charge in [0.1, 0.15) is 11.7 Å². The summed E-state index contributed by atoms with van der Waals surface area (Å²) in [5.74, 6) is -2.13. The molecule has 4 rings (SSSR count). The number of hydrogen-bond acceptors (Lipinski definition) is 8. The first-order chi connectivity index (χ1) is 20.2. The molecule has 3 aromatic rings. The van der Waals surface area contributed by atoms with Gasteiger partial charge in [-0.3, -0.25) is 19.2 Å². The maximum atomic E-state index is 13.3. The molecule has 3 heterocycles. The quantitative estimate of drug-likeness (QED) is 0.277. The van der Waals surface area contributed by atoms with Crippen LogP contribution in [0.25, 0.3) is 22.7 Å². The molecule has 0 spiro atoms. The Kier molecular flexibility index (Phi) is 10.5. The highest BCUT2D eigenvalue weighted by molar-refractivity contribution is 5.95. The molecule has 42 heavy (non-hydrogen) atoms. The molecule has 0 aliphatic carbocycles. The zero-order valence-corrected chi connectivity index (χ0v) is 24.6. The number of ether oxygens (including phenoxy) is 1. The first-order valence-corrected chi connectivity index (χ1v) is 14.5. The highest BCUT2D eigenvalue weighted by atomic mass is 16.5. The van der Waals surface area contributed by atoms with Crippen LogP contribution in [0.5, 0.6) is 0 Å². The summed E-state index contributed by atoms with van der Waals surface area (Å²) in [6.45, 7) is 11.9. The van der Waals surface area contributed by atoms with E-state index < -0.39 is 17.9 Å². The molecule has 1 atom stereocenters. The second-order valence-electron chi connectivity index (χ2n) is 10.7. The number of nitrogens with one attached hydrogen (secondary N) is 2. The Hall–Kier alpha value is -4.03. The summed E-state index contributed by atoms with van der Waals surface area (Å²) in [4.78, 5) is 43.9. The number of rotatable bonds is 13. The molecule has 1 fully saturated rings. The lowest BCUT2D eigenvalue weighted by molar-refractivity contribution is -0.140. The molecule has 226 valence electrons. The molecule has 0 unspecified atom stereocenters. The zero-order valence-electron chi connectivity index (χ0n) is 24.6. The second-order valence-corrected chi connectivity index (χ2v) is 10.7. The zero-order chi connectivity index (χ0) is 30.2. The normalized spacial score (nSPS) is 14.7. The van der Waals surface area contributed by atoms with Gasteiger partial charge in [-0.15, -0.1) is 0 Å². The average molecular weight is 581 g/mol. The van der Waals surface area contributed by atoms with E-state index in [1.54, 1.807) is 30.7 Å². The molecule has 2 aromatic heterocycles. The van der Waals surface area contributed by atoms with Gasteiger partial charge >= 0.3 is 5.97 Å². The third-order valence-corrected chi connectivity index (χ3v) is 7.42. The summed E-state index contributed by atoms with van der Waals surface area (Å²) in [5, 5.41) is 19.8. The van der Waals surface area contributed by atoms with Crippen molar-refractivity contribution in [1.82, 2.24) is 30.3 Å². The number of nitrogens with zero attached hydrogens (tertiary/aromatic N) is 4. The van der Waals surface area contributed by atoms with Crippen LogP contribution < -0.4 is 10.6 Å². The van der Waals surface area contributed by atoms with Crippen LogP contribution in [-0.4, -0.2) is 87.5 Å². The molecule has 0 bridgehead atoms. The predicted octanol–water partition coefficient (Wildman–Crippen LogP) is 3.29. The molecular formula is C30H40N6O6. The Labute approximate surface area is 245 Å². The van der Waals surface area contributed by atoms with Gasteiger partial charge in [-0.2, -0.15) is 5.10 Å². The Morgan fingerprint density at radius 1 is 1.00 bits per heavy atom. The van der Waals surface area contributed by atoms with E-state index in [9.17, 15) is 19.5 Å². The van der Waals surface area contributed by atoms with Crippen LogP contribution in [0.4, 0.5) is 0 Å². The molecule has 1 aliphatic heterocycles. The number of benzene rings is 1. The van der Waals surface area contributed by atoms with Gasteiger partial charge in [0.15, 0.2) is 0 Å². The smallest absolute Gasteiger partial charge is 0.326 e. The summed E-state index contributed by atoms with van der Waals surface area (Å²) in [7, 11) is 0. The molecule has 1 aromatic carbocycles. The molecule has 0 radical (unpaired) electrons. The van der Waals surface area contributed by atoms with Crippen molar-refractivity contribution in [2.45, 2.75) is 59.2 Å². The van der Waals surface area contributed by atoms with E-state index in [4.69, 9.17) is 14.3 Å². The fourth-order valence-electron chi connectivity index (χ4n) is 4.77. The molecule has 12 nitrogen and oxygen atoms in total. The van der Waals surface area contributed by atoms with Crippen molar-refractivity contribution < 1.29 is 28.6 Å². The van der Waals surface area contributed by atoms with Crippen LogP contribution in [0.3, 0.4) is 0 Å². The van der Waals surface area contributed by atoms with E-state index >= 15 is 0 Å². The van der Waals surface area contributed by atoms with Crippen molar-refractivity contribution >= 4 is 17.8 Å². The predicted molar refractivity (Wildman–Crippen MR) is 156 cm³/mol. The number of amides is 2. The SMILES string of the molecule is CCC(CC)NC(=O)c1cc(-c2cccc(-c3ncc(C(=O)N[C@H](C(=O)O)C(C)C)o3)c2)nn1CCN1CCOCC1. The molecular weight excluding hydrogens is 540 g/mol. The maximum absolute atomic E-state index is 13.3. The van der Waals surface area contributed by atoms with Gasteiger partial charge in [0.25, 0.3) is 11.8 Å². The van der Waals surface area contributed by atoms with E-state index in [-0.39, 0.29) is 29.5 Å². The highest BCUT2D eigenvalue weighted by Gasteiger charge is 2.26. The summed E-state index contributed by atoms with van der Waals surface area (Å²) in [6.07, 6.45) is 2.95. The minimum Gasteiger partial charge on any atom is -0.480 e. The van der Waals surface area contributed by atoms with Crippen LogP contribution in [0, 0.1) is 5.92 Å². The molecule has 1 aliphatic rings. The Morgan fingerprint density at radius 2 is 1.71 bits per heavy atom. The minimum atomic E-state index is -1.12. The van der Waals surface area contributed by atoms with Crippen LogP contribution in [-0.2, 0) is 16.1 Å². The summed E-state index contributed by atoms with van der Waals surface area (Å²) in [6, 6.07) is 8.16. The number of carbonyl (C=O) groups excluding carboxylic acids is 2. The standard InChI is InChI=1S/C30H40N6O6/c1-5-22(6-2)32-27(37)24-17-23(34-36(24)11-10-35-12-14-41-15-13-35)20-8-7-9-21(16-20)29-31-18-25(42-29)28(38)33-26(19(3)4)30(39)40/h7-9,16-19,22,26H,5-6,10-15H2,1-4H3,(H,32,37)(H,33,38)(H,39,40)/t26-/m0/s1. The maximum Gasteiger partial charge on any atom is 0.326 e.